The Labute approximate surface area is 87.9 Å². The van der Waals surface area contributed by atoms with Crippen LogP contribution in [0, 0.1) is 0 Å². The molecule has 0 amide bonds. The molecule has 0 unspecified atom stereocenters. The number of aliphatic hydroxyl groups is 1. The lowest BCUT2D eigenvalue weighted by atomic mass is 10.1. The third-order valence-electron chi connectivity index (χ3n) is 1.59. The maximum absolute atomic E-state index is 9.70. The van der Waals surface area contributed by atoms with Gasteiger partial charge in [0.25, 0.3) is 0 Å². The van der Waals surface area contributed by atoms with Gasteiger partial charge in [-0.15, -0.1) is 0 Å². The average molecular weight is 217 g/mol. The van der Waals surface area contributed by atoms with Crippen molar-refractivity contribution in [3.8, 4) is 5.88 Å². The van der Waals surface area contributed by atoms with E-state index in [-0.39, 0.29) is 5.28 Å². The van der Waals surface area contributed by atoms with Crippen molar-refractivity contribution < 1.29 is 9.84 Å². The van der Waals surface area contributed by atoms with Crippen LogP contribution < -0.4 is 4.74 Å². The zero-order valence-corrected chi connectivity index (χ0v) is 9.17. The highest BCUT2D eigenvalue weighted by molar-refractivity contribution is 6.28. The number of halogens is 1. The number of hydrogen-bond acceptors (Lipinski definition) is 4. The number of rotatable bonds is 3. The highest BCUT2D eigenvalue weighted by Crippen LogP contribution is 2.22. The van der Waals surface area contributed by atoms with E-state index in [1.807, 2.05) is 6.92 Å². The van der Waals surface area contributed by atoms with Gasteiger partial charge < -0.3 is 9.84 Å². The summed E-state index contributed by atoms with van der Waals surface area (Å²) in [5, 5.41) is 9.78. The van der Waals surface area contributed by atoms with Gasteiger partial charge in [0, 0.05) is 6.07 Å². The zero-order valence-electron chi connectivity index (χ0n) is 8.41. The molecule has 0 aliphatic heterocycles. The van der Waals surface area contributed by atoms with Crippen molar-refractivity contribution in [2.45, 2.75) is 26.4 Å². The first kappa shape index (κ1) is 11.2. The van der Waals surface area contributed by atoms with Gasteiger partial charge in [-0.3, -0.25) is 0 Å². The molecule has 0 spiro atoms. The van der Waals surface area contributed by atoms with Crippen molar-refractivity contribution in [3.63, 3.8) is 0 Å². The normalized spacial score (nSPS) is 11.5. The molecule has 0 aromatic carbocycles. The largest absolute Gasteiger partial charge is 0.478 e. The van der Waals surface area contributed by atoms with Crippen molar-refractivity contribution in [1.82, 2.24) is 9.97 Å². The maximum Gasteiger partial charge on any atom is 0.225 e. The van der Waals surface area contributed by atoms with E-state index in [1.165, 1.54) is 0 Å². The van der Waals surface area contributed by atoms with Gasteiger partial charge >= 0.3 is 0 Å². The molecule has 5 heteroatoms. The first-order chi connectivity index (χ1) is 6.43. The first-order valence-corrected chi connectivity index (χ1v) is 4.71. The van der Waals surface area contributed by atoms with Crippen LogP contribution in [0.5, 0.6) is 5.88 Å². The van der Waals surface area contributed by atoms with Gasteiger partial charge in [-0.2, -0.15) is 4.98 Å². The van der Waals surface area contributed by atoms with Crippen LogP contribution in [0.15, 0.2) is 6.07 Å². The molecule has 1 aromatic heterocycles. The predicted octanol–water partition coefficient (Wildman–Crippen LogP) is 1.76. The minimum Gasteiger partial charge on any atom is -0.478 e. The van der Waals surface area contributed by atoms with E-state index < -0.39 is 5.60 Å². The van der Waals surface area contributed by atoms with Crippen LogP contribution in [0.2, 0.25) is 5.28 Å². The Hall–Kier alpha value is -0.870. The average Bonchev–Trinajstić information content (AvgIpc) is 2.02. The van der Waals surface area contributed by atoms with Gasteiger partial charge in [-0.25, -0.2) is 4.98 Å². The minimum atomic E-state index is -1.04. The molecule has 14 heavy (non-hydrogen) atoms. The summed E-state index contributed by atoms with van der Waals surface area (Å²) in [6, 6.07) is 1.58. The van der Waals surface area contributed by atoms with E-state index in [2.05, 4.69) is 9.97 Å². The van der Waals surface area contributed by atoms with Crippen LogP contribution >= 0.6 is 11.6 Å². The number of nitrogens with zero attached hydrogens (tertiary/aromatic N) is 2. The molecular weight excluding hydrogens is 204 g/mol. The van der Waals surface area contributed by atoms with Gasteiger partial charge in [-0.05, 0) is 32.4 Å². The Morgan fingerprint density at radius 2 is 2.14 bits per heavy atom. The van der Waals surface area contributed by atoms with Crippen LogP contribution in [0.4, 0.5) is 0 Å². The van der Waals surface area contributed by atoms with E-state index in [9.17, 15) is 5.11 Å². The lowest BCUT2D eigenvalue weighted by Gasteiger charge is -2.16. The summed E-state index contributed by atoms with van der Waals surface area (Å²) in [5.74, 6) is 0.379. The van der Waals surface area contributed by atoms with Gasteiger partial charge in [0.05, 0.1) is 12.3 Å². The molecule has 0 saturated carbocycles. The van der Waals surface area contributed by atoms with Gasteiger partial charge in [0.2, 0.25) is 11.2 Å². The summed E-state index contributed by atoms with van der Waals surface area (Å²) < 4.78 is 5.18. The minimum absolute atomic E-state index is 0.0769. The molecular formula is C9H13ClN2O2. The molecule has 1 N–H and O–H groups in total. The summed E-state index contributed by atoms with van der Waals surface area (Å²) >= 11 is 5.68. The fourth-order valence-corrected chi connectivity index (χ4v) is 1.11. The molecule has 4 nitrogen and oxygen atoms in total. The van der Waals surface area contributed by atoms with E-state index in [1.54, 1.807) is 19.9 Å². The van der Waals surface area contributed by atoms with Crippen molar-refractivity contribution >= 4 is 11.6 Å². The first-order valence-electron chi connectivity index (χ1n) is 4.33. The van der Waals surface area contributed by atoms with Crippen LogP contribution in [0.1, 0.15) is 26.5 Å². The lowest BCUT2D eigenvalue weighted by Crippen LogP contribution is -2.18. The Balaban J connectivity index is 3.07. The highest BCUT2D eigenvalue weighted by Gasteiger charge is 2.19. The Morgan fingerprint density at radius 1 is 1.50 bits per heavy atom. The van der Waals surface area contributed by atoms with Gasteiger partial charge in [0.15, 0.2) is 0 Å². The quantitative estimate of drug-likeness (QED) is 0.783. The smallest absolute Gasteiger partial charge is 0.225 e. The zero-order chi connectivity index (χ0) is 10.8. The van der Waals surface area contributed by atoms with Crippen LogP contribution in [0.25, 0.3) is 0 Å². The Bertz CT molecular complexity index is 323. The van der Waals surface area contributed by atoms with Crippen molar-refractivity contribution in [2.75, 3.05) is 6.61 Å². The molecule has 0 aliphatic carbocycles. The molecule has 0 fully saturated rings. The summed E-state index contributed by atoms with van der Waals surface area (Å²) in [6.45, 7) is 5.60. The monoisotopic (exact) mass is 216 g/mol. The van der Waals surface area contributed by atoms with Crippen LogP contribution in [-0.2, 0) is 5.60 Å². The molecule has 0 bridgehead atoms. The lowest BCUT2D eigenvalue weighted by molar-refractivity contribution is 0.0732. The SMILES string of the molecule is CCOc1cc(C(C)(C)O)nc(Cl)n1. The van der Waals surface area contributed by atoms with Crippen LogP contribution in [-0.4, -0.2) is 21.7 Å². The Morgan fingerprint density at radius 3 is 2.64 bits per heavy atom. The van der Waals surface area contributed by atoms with Crippen molar-refractivity contribution in [3.05, 3.63) is 17.0 Å². The third kappa shape index (κ3) is 2.82. The van der Waals surface area contributed by atoms with E-state index in [0.717, 1.165) is 0 Å². The molecule has 1 rings (SSSR count). The molecule has 78 valence electrons. The molecule has 0 atom stereocenters. The predicted molar refractivity (Wildman–Crippen MR) is 53.5 cm³/mol. The molecule has 0 saturated heterocycles. The standard InChI is InChI=1S/C9H13ClN2O2/c1-4-14-7-5-6(9(2,3)13)11-8(10)12-7/h5,13H,4H2,1-3H3. The fraction of sp³-hybridized carbons (Fsp3) is 0.556. The topological polar surface area (TPSA) is 55.2 Å². The van der Waals surface area contributed by atoms with Crippen molar-refractivity contribution in [2.24, 2.45) is 0 Å². The molecule has 0 aliphatic rings. The summed E-state index contributed by atoms with van der Waals surface area (Å²) in [7, 11) is 0. The summed E-state index contributed by atoms with van der Waals surface area (Å²) in [5.41, 5.74) is -0.598. The Kier molecular flexibility index (Phi) is 3.29. The number of aromatic nitrogens is 2. The maximum atomic E-state index is 9.70. The van der Waals surface area contributed by atoms with Crippen molar-refractivity contribution in [1.29, 1.82) is 0 Å². The van der Waals surface area contributed by atoms with Crippen LogP contribution in [0.3, 0.4) is 0 Å². The highest BCUT2D eigenvalue weighted by atomic mass is 35.5. The second-order valence-electron chi connectivity index (χ2n) is 3.35. The second kappa shape index (κ2) is 4.11. The van der Waals surface area contributed by atoms with Gasteiger partial charge in [-0.1, -0.05) is 0 Å². The number of ether oxygens (including phenoxy) is 1. The van der Waals surface area contributed by atoms with Gasteiger partial charge in [0.1, 0.15) is 5.60 Å². The third-order valence-corrected chi connectivity index (χ3v) is 1.76. The fourth-order valence-electron chi connectivity index (χ4n) is 0.932. The van der Waals surface area contributed by atoms with E-state index >= 15 is 0 Å². The van der Waals surface area contributed by atoms with E-state index in [4.69, 9.17) is 16.3 Å². The number of hydrogen-bond donors (Lipinski definition) is 1. The summed E-state index contributed by atoms with van der Waals surface area (Å²) in [6.07, 6.45) is 0. The van der Waals surface area contributed by atoms with E-state index in [0.29, 0.717) is 18.2 Å². The summed E-state index contributed by atoms with van der Waals surface area (Å²) in [4.78, 5) is 7.77. The molecule has 1 aromatic rings. The second-order valence-corrected chi connectivity index (χ2v) is 3.69. The molecule has 0 radical (unpaired) electrons. The molecule has 1 heterocycles.